The molecule has 0 unspecified atom stereocenters. The van der Waals surface area contributed by atoms with Gasteiger partial charge in [0.2, 0.25) is 0 Å². The van der Waals surface area contributed by atoms with Gasteiger partial charge in [0, 0.05) is 5.56 Å². The second-order valence-corrected chi connectivity index (χ2v) is 3.09. The van der Waals surface area contributed by atoms with Gasteiger partial charge in [0.25, 0.3) is 0 Å². The number of rotatable bonds is 1. The Hall–Kier alpha value is -0.610. The van der Waals surface area contributed by atoms with E-state index in [9.17, 15) is 0 Å². The summed E-state index contributed by atoms with van der Waals surface area (Å²) in [5.41, 5.74) is 6.50. The van der Waals surface area contributed by atoms with Crippen molar-refractivity contribution in [2.75, 3.05) is 5.73 Å². The van der Waals surface area contributed by atoms with Crippen molar-refractivity contribution in [1.29, 1.82) is 5.41 Å². The third kappa shape index (κ3) is 1.91. The second-order valence-electron chi connectivity index (χ2n) is 1.91. The highest BCUT2D eigenvalue weighted by Crippen LogP contribution is 2.17. The molecule has 11 heavy (non-hydrogen) atoms. The highest BCUT2D eigenvalue weighted by atomic mass is 79.9. The van der Waals surface area contributed by atoms with Gasteiger partial charge in [-0.25, -0.2) is 4.98 Å². The molecule has 5 heteroatoms. The van der Waals surface area contributed by atoms with Gasteiger partial charge in [-0.05, 0) is 22.0 Å². The number of hydrogen-bond acceptors (Lipinski definition) is 3. The van der Waals surface area contributed by atoms with Crippen LogP contribution in [0.3, 0.4) is 0 Å². The number of nitrogens with zero attached hydrogens (tertiary/aromatic N) is 1. The minimum atomic E-state index is 0.208. The quantitative estimate of drug-likeness (QED) is 0.577. The molecule has 3 nitrogen and oxygen atoms in total. The summed E-state index contributed by atoms with van der Waals surface area (Å²) in [5.74, 6) is 0. The van der Waals surface area contributed by atoms with E-state index >= 15 is 0 Å². The number of nitrogens with two attached hydrogens (primary N) is 1. The Kier molecular flexibility index (Phi) is 2.46. The first-order valence-electron chi connectivity index (χ1n) is 2.76. The highest BCUT2D eigenvalue weighted by molar-refractivity contribution is 9.18. The van der Waals surface area contributed by atoms with Gasteiger partial charge < -0.3 is 5.73 Å². The molecule has 1 rings (SSSR count). The third-order valence-electron chi connectivity index (χ3n) is 1.14. The van der Waals surface area contributed by atoms with Gasteiger partial charge in [0.15, 0.2) is 0 Å². The third-order valence-corrected chi connectivity index (χ3v) is 1.77. The molecule has 1 heterocycles. The second kappa shape index (κ2) is 3.19. The van der Waals surface area contributed by atoms with E-state index in [0.29, 0.717) is 16.4 Å². The van der Waals surface area contributed by atoms with E-state index in [2.05, 4.69) is 20.9 Å². The topological polar surface area (TPSA) is 62.8 Å². The predicted molar refractivity (Wildman–Crippen MR) is 49.4 cm³/mol. The first-order chi connectivity index (χ1) is 5.11. The summed E-state index contributed by atoms with van der Waals surface area (Å²) in [4.78, 5) is 3.74. The van der Waals surface area contributed by atoms with Crippen LogP contribution in [-0.2, 0) is 0 Å². The van der Waals surface area contributed by atoms with Gasteiger partial charge in [-0.1, -0.05) is 11.6 Å². The van der Waals surface area contributed by atoms with Crippen LogP contribution in [-0.4, -0.2) is 9.60 Å². The van der Waals surface area contributed by atoms with Gasteiger partial charge in [-0.2, -0.15) is 0 Å². The van der Waals surface area contributed by atoms with Gasteiger partial charge in [-0.15, -0.1) is 0 Å². The van der Waals surface area contributed by atoms with Crippen LogP contribution in [0.5, 0.6) is 0 Å². The summed E-state index contributed by atoms with van der Waals surface area (Å²) in [6.07, 6.45) is 1.42. The molecule has 1 aromatic rings. The van der Waals surface area contributed by atoms with Gasteiger partial charge in [0.05, 0.1) is 11.9 Å². The Morgan fingerprint density at radius 2 is 2.36 bits per heavy atom. The normalized spacial score (nSPS) is 9.64. The van der Waals surface area contributed by atoms with Gasteiger partial charge in [-0.3, -0.25) is 5.41 Å². The Balaban J connectivity index is 3.23. The average molecular weight is 234 g/mol. The zero-order chi connectivity index (χ0) is 8.43. The molecule has 0 saturated heterocycles. The molecular weight excluding hydrogens is 229 g/mol. The maximum atomic E-state index is 7.22. The number of nitrogen functional groups attached to an aromatic ring is 1. The Morgan fingerprint density at radius 1 is 1.73 bits per heavy atom. The van der Waals surface area contributed by atoms with Crippen molar-refractivity contribution >= 4 is 37.8 Å². The molecule has 0 aliphatic heterocycles. The number of nitrogens with one attached hydrogen (secondary N) is 1. The van der Waals surface area contributed by atoms with E-state index in [1.54, 1.807) is 0 Å². The van der Waals surface area contributed by atoms with Crippen molar-refractivity contribution in [2.45, 2.75) is 0 Å². The van der Waals surface area contributed by atoms with E-state index in [-0.39, 0.29) is 4.62 Å². The van der Waals surface area contributed by atoms with Crippen LogP contribution in [0.4, 0.5) is 5.69 Å². The summed E-state index contributed by atoms with van der Waals surface area (Å²) in [6.45, 7) is 0. The number of halogens is 2. The Labute approximate surface area is 77.2 Å². The van der Waals surface area contributed by atoms with E-state index < -0.39 is 0 Å². The van der Waals surface area contributed by atoms with Crippen LogP contribution in [0.15, 0.2) is 12.3 Å². The maximum Gasteiger partial charge on any atom is 0.129 e. The molecule has 0 bridgehead atoms. The molecule has 58 valence electrons. The van der Waals surface area contributed by atoms with Crippen LogP contribution >= 0.6 is 27.5 Å². The number of aromatic nitrogens is 1. The largest absolute Gasteiger partial charge is 0.397 e. The van der Waals surface area contributed by atoms with E-state index in [0.717, 1.165) is 0 Å². The fourth-order valence-electron chi connectivity index (χ4n) is 0.631. The molecule has 0 amide bonds. The molecule has 0 spiro atoms. The summed E-state index contributed by atoms with van der Waals surface area (Å²) >= 11 is 8.56. The van der Waals surface area contributed by atoms with Crippen molar-refractivity contribution in [1.82, 2.24) is 4.98 Å². The van der Waals surface area contributed by atoms with Crippen LogP contribution in [0.25, 0.3) is 0 Å². The zero-order valence-electron chi connectivity index (χ0n) is 5.44. The van der Waals surface area contributed by atoms with Crippen molar-refractivity contribution in [3.63, 3.8) is 0 Å². The summed E-state index contributed by atoms with van der Waals surface area (Å²) < 4.78 is 0.208. The first-order valence-corrected chi connectivity index (χ1v) is 3.94. The lowest BCUT2D eigenvalue weighted by atomic mass is 10.2. The zero-order valence-corrected chi connectivity index (χ0v) is 7.78. The summed E-state index contributed by atoms with van der Waals surface area (Å²) in [5, 5.41) is 7.55. The standard InChI is InChI=1S/C6H5BrClN3/c7-6(10)3-1-5(8)11-2-4(3)9/h1-2,10H,9H2. The van der Waals surface area contributed by atoms with E-state index in [1.807, 2.05) is 0 Å². The first kappa shape index (κ1) is 8.49. The average Bonchev–Trinajstić information content (AvgIpc) is 1.94. The Bertz CT molecular complexity index is 300. The summed E-state index contributed by atoms with van der Waals surface area (Å²) in [7, 11) is 0. The molecule has 0 aliphatic carbocycles. The van der Waals surface area contributed by atoms with Gasteiger partial charge >= 0.3 is 0 Å². The van der Waals surface area contributed by atoms with Crippen LogP contribution in [0.2, 0.25) is 5.15 Å². The number of anilines is 1. The lowest BCUT2D eigenvalue weighted by Gasteiger charge is -2.00. The van der Waals surface area contributed by atoms with Crippen molar-refractivity contribution in [3.05, 3.63) is 23.0 Å². The monoisotopic (exact) mass is 233 g/mol. The highest BCUT2D eigenvalue weighted by Gasteiger charge is 2.03. The molecule has 0 atom stereocenters. The molecule has 0 aliphatic rings. The smallest absolute Gasteiger partial charge is 0.129 e. The van der Waals surface area contributed by atoms with Crippen LogP contribution < -0.4 is 5.73 Å². The molecule has 1 aromatic heterocycles. The number of pyridine rings is 1. The predicted octanol–water partition coefficient (Wildman–Crippen LogP) is 2.04. The van der Waals surface area contributed by atoms with Crippen molar-refractivity contribution in [2.24, 2.45) is 0 Å². The minimum absolute atomic E-state index is 0.208. The van der Waals surface area contributed by atoms with Crippen LogP contribution in [0, 0.1) is 5.41 Å². The maximum absolute atomic E-state index is 7.22. The molecule has 0 radical (unpaired) electrons. The molecule has 0 aromatic carbocycles. The molecular formula is C6H5BrClN3. The molecule has 3 N–H and O–H groups in total. The lowest BCUT2D eigenvalue weighted by molar-refractivity contribution is 1.32. The summed E-state index contributed by atoms with van der Waals surface area (Å²) in [6, 6.07) is 1.54. The van der Waals surface area contributed by atoms with Crippen molar-refractivity contribution in [3.8, 4) is 0 Å². The van der Waals surface area contributed by atoms with Crippen LogP contribution in [0.1, 0.15) is 5.56 Å². The fourth-order valence-corrected chi connectivity index (χ4v) is 1.13. The fraction of sp³-hybridized carbons (Fsp3) is 0. The SMILES string of the molecule is N=C(Br)c1cc(Cl)ncc1N. The lowest BCUT2D eigenvalue weighted by Crippen LogP contribution is -1.97. The van der Waals surface area contributed by atoms with E-state index in [1.165, 1.54) is 12.3 Å². The van der Waals surface area contributed by atoms with Crippen molar-refractivity contribution < 1.29 is 0 Å². The molecule has 0 fully saturated rings. The van der Waals surface area contributed by atoms with E-state index in [4.69, 9.17) is 22.7 Å². The number of hydrogen-bond donors (Lipinski definition) is 2. The minimum Gasteiger partial charge on any atom is -0.397 e. The van der Waals surface area contributed by atoms with Gasteiger partial charge in [0.1, 0.15) is 9.77 Å². The Morgan fingerprint density at radius 3 is 2.82 bits per heavy atom. The molecule has 0 saturated carbocycles.